The Morgan fingerprint density at radius 2 is 1.67 bits per heavy atom. The molecule has 1 N–H and O–H groups in total. The van der Waals surface area contributed by atoms with Crippen LogP contribution in [-0.4, -0.2) is 4.57 Å². The van der Waals surface area contributed by atoms with Gasteiger partial charge >= 0.3 is 0 Å². The molecule has 1 heterocycles. The van der Waals surface area contributed by atoms with Crippen LogP contribution in [-0.2, 0) is 7.05 Å². The van der Waals surface area contributed by atoms with Crippen LogP contribution in [0.2, 0.25) is 0 Å². The highest BCUT2D eigenvalue weighted by molar-refractivity contribution is 5.91. The molecule has 1 aromatic heterocycles. The summed E-state index contributed by atoms with van der Waals surface area (Å²) >= 11 is 0. The van der Waals surface area contributed by atoms with E-state index in [-0.39, 0.29) is 11.6 Å². The van der Waals surface area contributed by atoms with E-state index in [0.717, 1.165) is 16.6 Å². The molecule has 21 heavy (non-hydrogen) atoms. The molecule has 0 aliphatic carbocycles. The molecule has 3 aromatic rings. The minimum Gasteiger partial charge on any atom is -0.378 e. The molecule has 0 saturated heterocycles. The lowest BCUT2D eigenvalue weighted by Crippen LogP contribution is -2.18. The summed E-state index contributed by atoms with van der Waals surface area (Å²) in [6, 6.07) is 20.0. The molecule has 0 amide bonds. The molecule has 1 atom stereocenters. The number of nitrogens with zero attached hydrogens (tertiary/aromatic N) is 1. The lowest BCUT2D eigenvalue weighted by Gasteiger charge is -2.18. The maximum Gasteiger partial charge on any atom is 0.252 e. The predicted molar refractivity (Wildman–Crippen MR) is 87.7 cm³/mol. The van der Waals surface area contributed by atoms with Gasteiger partial charge in [-0.05, 0) is 18.6 Å². The van der Waals surface area contributed by atoms with E-state index < -0.39 is 0 Å². The summed E-state index contributed by atoms with van der Waals surface area (Å²) in [5.74, 6) is 0. The van der Waals surface area contributed by atoms with E-state index >= 15 is 0 Å². The van der Waals surface area contributed by atoms with Crippen molar-refractivity contribution < 1.29 is 0 Å². The normalized spacial score (nSPS) is 12.3. The number of pyridine rings is 1. The van der Waals surface area contributed by atoms with E-state index in [2.05, 4.69) is 24.4 Å². The third kappa shape index (κ3) is 2.55. The molecule has 3 nitrogen and oxygen atoms in total. The van der Waals surface area contributed by atoms with Crippen molar-refractivity contribution in [1.82, 2.24) is 4.57 Å². The molecule has 3 rings (SSSR count). The van der Waals surface area contributed by atoms with Crippen LogP contribution in [0.4, 0.5) is 5.69 Å². The monoisotopic (exact) mass is 278 g/mol. The smallest absolute Gasteiger partial charge is 0.252 e. The van der Waals surface area contributed by atoms with Crippen molar-refractivity contribution in [2.75, 3.05) is 5.32 Å². The Morgan fingerprint density at radius 1 is 1.00 bits per heavy atom. The molecule has 1 unspecified atom stereocenters. The Bertz CT molecular complexity index is 821. The van der Waals surface area contributed by atoms with Gasteiger partial charge in [-0.2, -0.15) is 0 Å². The standard InChI is InChI=1S/C18H18N2O/c1-13(14-8-4-3-5-9-14)19-16-12-18(21)20(2)17-11-7-6-10-15(16)17/h3-13,19H,1-2H3. The maximum atomic E-state index is 12.1. The molecule has 0 bridgehead atoms. The van der Waals surface area contributed by atoms with Gasteiger partial charge in [-0.3, -0.25) is 4.79 Å². The molecule has 0 fully saturated rings. The Balaban J connectivity index is 2.05. The van der Waals surface area contributed by atoms with E-state index in [9.17, 15) is 4.79 Å². The van der Waals surface area contributed by atoms with Gasteiger partial charge in [0.1, 0.15) is 0 Å². The second kappa shape index (κ2) is 5.44. The number of hydrogen-bond acceptors (Lipinski definition) is 2. The quantitative estimate of drug-likeness (QED) is 0.792. The lowest BCUT2D eigenvalue weighted by molar-refractivity contribution is 0.875. The SMILES string of the molecule is CC(Nc1cc(=O)n(C)c2ccccc12)c1ccccc1. The van der Waals surface area contributed by atoms with Gasteiger partial charge < -0.3 is 9.88 Å². The van der Waals surface area contributed by atoms with Gasteiger partial charge in [0, 0.05) is 30.2 Å². The number of rotatable bonds is 3. The van der Waals surface area contributed by atoms with E-state index in [1.807, 2.05) is 42.5 Å². The first-order valence-corrected chi connectivity index (χ1v) is 7.07. The molecular formula is C18H18N2O. The molecule has 0 spiro atoms. The van der Waals surface area contributed by atoms with Gasteiger partial charge in [0.05, 0.1) is 5.52 Å². The number of nitrogens with one attached hydrogen (secondary N) is 1. The van der Waals surface area contributed by atoms with Gasteiger partial charge in [0.2, 0.25) is 0 Å². The van der Waals surface area contributed by atoms with Gasteiger partial charge in [-0.25, -0.2) is 0 Å². The predicted octanol–water partition coefficient (Wildman–Crippen LogP) is 3.71. The Labute approximate surface area is 123 Å². The minimum atomic E-state index is -0.00328. The second-order valence-corrected chi connectivity index (χ2v) is 5.25. The average molecular weight is 278 g/mol. The van der Waals surface area contributed by atoms with E-state index in [1.165, 1.54) is 5.56 Å². The number of aromatic nitrogens is 1. The van der Waals surface area contributed by atoms with Crippen LogP contribution in [0, 0.1) is 0 Å². The van der Waals surface area contributed by atoms with Gasteiger partial charge in [0.15, 0.2) is 0 Å². The number of benzene rings is 2. The van der Waals surface area contributed by atoms with Crippen molar-refractivity contribution in [2.24, 2.45) is 7.05 Å². The zero-order valence-corrected chi connectivity index (χ0v) is 12.2. The highest BCUT2D eigenvalue weighted by Crippen LogP contribution is 2.25. The Morgan fingerprint density at radius 3 is 2.43 bits per heavy atom. The topological polar surface area (TPSA) is 34.0 Å². The van der Waals surface area contributed by atoms with Crippen LogP contribution in [0.5, 0.6) is 0 Å². The van der Waals surface area contributed by atoms with Crippen LogP contribution in [0.15, 0.2) is 65.5 Å². The third-order valence-electron chi connectivity index (χ3n) is 3.83. The molecule has 106 valence electrons. The summed E-state index contributed by atoms with van der Waals surface area (Å²) in [5.41, 5.74) is 3.01. The van der Waals surface area contributed by atoms with E-state index in [0.29, 0.717) is 0 Å². The van der Waals surface area contributed by atoms with Gasteiger partial charge in [-0.1, -0.05) is 48.5 Å². The van der Waals surface area contributed by atoms with Crippen molar-refractivity contribution in [2.45, 2.75) is 13.0 Å². The van der Waals surface area contributed by atoms with Gasteiger partial charge in [-0.15, -0.1) is 0 Å². The highest BCUT2D eigenvalue weighted by Gasteiger charge is 2.09. The molecule has 0 aliphatic rings. The van der Waals surface area contributed by atoms with Crippen LogP contribution < -0.4 is 10.9 Å². The van der Waals surface area contributed by atoms with Crippen molar-refractivity contribution in [1.29, 1.82) is 0 Å². The van der Waals surface area contributed by atoms with Crippen molar-refractivity contribution in [3.63, 3.8) is 0 Å². The van der Waals surface area contributed by atoms with Gasteiger partial charge in [0.25, 0.3) is 5.56 Å². The molecular weight excluding hydrogens is 260 g/mol. The summed E-state index contributed by atoms with van der Waals surface area (Å²) in [4.78, 5) is 12.1. The first-order chi connectivity index (χ1) is 10.2. The largest absolute Gasteiger partial charge is 0.378 e. The van der Waals surface area contributed by atoms with Crippen LogP contribution in [0.25, 0.3) is 10.9 Å². The summed E-state index contributed by atoms with van der Waals surface area (Å²) in [6.07, 6.45) is 0. The number of fused-ring (bicyclic) bond motifs is 1. The first kappa shape index (κ1) is 13.4. The Kier molecular flexibility index (Phi) is 3.48. The van der Waals surface area contributed by atoms with Crippen LogP contribution in [0.3, 0.4) is 0 Å². The van der Waals surface area contributed by atoms with Crippen LogP contribution >= 0.6 is 0 Å². The molecule has 0 radical (unpaired) electrons. The fourth-order valence-corrected chi connectivity index (χ4v) is 2.59. The fourth-order valence-electron chi connectivity index (χ4n) is 2.59. The zero-order valence-electron chi connectivity index (χ0n) is 12.2. The molecule has 2 aromatic carbocycles. The summed E-state index contributed by atoms with van der Waals surface area (Å²) in [7, 11) is 1.80. The Hall–Kier alpha value is -2.55. The second-order valence-electron chi connectivity index (χ2n) is 5.25. The molecule has 0 saturated carbocycles. The minimum absolute atomic E-state index is 0.00328. The third-order valence-corrected chi connectivity index (χ3v) is 3.83. The number of anilines is 1. The number of hydrogen-bond donors (Lipinski definition) is 1. The first-order valence-electron chi connectivity index (χ1n) is 7.07. The zero-order chi connectivity index (χ0) is 14.8. The van der Waals surface area contributed by atoms with E-state index in [1.54, 1.807) is 17.7 Å². The highest BCUT2D eigenvalue weighted by atomic mass is 16.1. The van der Waals surface area contributed by atoms with Crippen molar-refractivity contribution in [3.8, 4) is 0 Å². The average Bonchev–Trinajstić information content (AvgIpc) is 2.53. The molecule has 0 aliphatic heterocycles. The fraction of sp³-hybridized carbons (Fsp3) is 0.167. The number of para-hydroxylation sites is 1. The number of aryl methyl sites for hydroxylation is 1. The lowest BCUT2D eigenvalue weighted by atomic mass is 10.1. The summed E-state index contributed by atoms with van der Waals surface area (Å²) in [5, 5.41) is 4.51. The summed E-state index contributed by atoms with van der Waals surface area (Å²) < 4.78 is 1.67. The van der Waals surface area contributed by atoms with Crippen molar-refractivity contribution >= 4 is 16.6 Å². The molecule has 3 heteroatoms. The van der Waals surface area contributed by atoms with E-state index in [4.69, 9.17) is 0 Å². The maximum absolute atomic E-state index is 12.1. The van der Waals surface area contributed by atoms with Crippen molar-refractivity contribution in [3.05, 3.63) is 76.6 Å². The van der Waals surface area contributed by atoms with Crippen LogP contribution in [0.1, 0.15) is 18.5 Å². The summed E-state index contributed by atoms with van der Waals surface area (Å²) in [6.45, 7) is 2.10.